The van der Waals surface area contributed by atoms with Crippen LogP contribution in [0, 0.1) is 0 Å². The average molecular weight is 345 g/mol. The van der Waals surface area contributed by atoms with Gasteiger partial charge >= 0.3 is 0 Å². The molecule has 4 rings (SSSR count). The van der Waals surface area contributed by atoms with Crippen LogP contribution in [0.15, 0.2) is 73.1 Å². The van der Waals surface area contributed by atoms with Crippen molar-refractivity contribution >= 4 is 23.6 Å². The monoisotopic (exact) mass is 345 g/mol. The van der Waals surface area contributed by atoms with Crippen molar-refractivity contribution in [1.29, 1.82) is 0 Å². The molecule has 1 amide bonds. The number of anilines is 2. The molecule has 0 unspecified atom stereocenters. The zero-order chi connectivity index (χ0) is 17.8. The molecular weight excluding hydrogens is 330 g/mol. The number of nitrogens with zero attached hydrogens (tertiary/aromatic N) is 3. The minimum atomic E-state index is -0.250. The molecule has 1 aliphatic rings. The number of fused-ring (bicyclic) bond motifs is 1. The Morgan fingerprint density at radius 3 is 2.27 bits per heavy atom. The summed E-state index contributed by atoms with van der Waals surface area (Å²) in [6.45, 7) is 0.217. The van der Waals surface area contributed by atoms with Gasteiger partial charge in [0.15, 0.2) is 11.5 Å². The predicted molar refractivity (Wildman–Crippen MR) is 97.2 cm³/mol. The number of benzene rings is 1. The molecule has 26 heavy (non-hydrogen) atoms. The van der Waals surface area contributed by atoms with Crippen LogP contribution < -0.4 is 14.4 Å². The fraction of sp³-hybridized carbons (Fsp3) is 0.0500. The van der Waals surface area contributed by atoms with Gasteiger partial charge in [0.1, 0.15) is 11.6 Å². The Hall–Kier alpha value is -3.67. The van der Waals surface area contributed by atoms with E-state index in [0.29, 0.717) is 23.1 Å². The lowest BCUT2D eigenvalue weighted by Crippen LogP contribution is -2.25. The van der Waals surface area contributed by atoms with E-state index < -0.39 is 0 Å². The highest BCUT2D eigenvalue weighted by Crippen LogP contribution is 2.33. The molecule has 3 aromatic rings. The zero-order valence-electron chi connectivity index (χ0n) is 13.8. The molecule has 0 saturated heterocycles. The third kappa shape index (κ3) is 3.25. The lowest BCUT2D eigenvalue weighted by Gasteiger charge is -2.18. The molecule has 1 aliphatic heterocycles. The van der Waals surface area contributed by atoms with Gasteiger partial charge in [0.05, 0.1) is 0 Å². The van der Waals surface area contributed by atoms with E-state index in [1.165, 1.54) is 11.0 Å². The second kappa shape index (κ2) is 7.06. The highest BCUT2D eigenvalue weighted by atomic mass is 16.7. The third-order valence-electron chi connectivity index (χ3n) is 3.79. The molecule has 0 atom stereocenters. The smallest absolute Gasteiger partial charge is 0.257 e. The molecule has 128 valence electrons. The van der Waals surface area contributed by atoms with E-state index in [-0.39, 0.29) is 12.7 Å². The van der Waals surface area contributed by atoms with Gasteiger partial charge in [-0.2, -0.15) is 0 Å². The fourth-order valence-corrected chi connectivity index (χ4v) is 2.57. The molecule has 1 aromatic carbocycles. The fourth-order valence-electron chi connectivity index (χ4n) is 2.57. The highest BCUT2D eigenvalue weighted by Gasteiger charge is 2.18. The Bertz CT molecular complexity index is 904. The standard InChI is InChI=1S/C20H15N3O3/c24-20(10-8-15-7-9-16-17(13-15)26-14-25-16)23(18-5-1-3-11-21-18)19-6-2-4-12-22-19/h1-13H,14H2/b10-8+. The Balaban J connectivity index is 1.62. The Labute approximate surface area is 150 Å². The van der Waals surface area contributed by atoms with Gasteiger partial charge in [0.25, 0.3) is 5.91 Å². The zero-order valence-corrected chi connectivity index (χ0v) is 13.8. The number of ether oxygens (including phenoxy) is 2. The molecule has 0 saturated carbocycles. The van der Waals surface area contributed by atoms with E-state index in [2.05, 4.69) is 9.97 Å². The molecule has 0 aliphatic carbocycles. The summed E-state index contributed by atoms with van der Waals surface area (Å²) in [4.78, 5) is 22.9. The Morgan fingerprint density at radius 1 is 0.923 bits per heavy atom. The summed E-state index contributed by atoms with van der Waals surface area (Å²) in [6, 6.07) is 16.3. The van der Waals surface area contributed by atoms with Crippen molar-refractivity contribution in [3.63, 3.8) is 0 Å². The predicted octanol–water partition coefficient (Wildman–Crippen LogP) is 3.58. The molecule has 6 nitrogen and oxygen atoms in total. The maximum atomic E-state index is 12.9. The number of hydrogen-bond acceptors (Lipinski definition) is 5. The second-order valence-electron chi connectivity index (χ2n) is 5.50. The minimum Gasteiger partial charge on any atom is -0.454 e. The summed E-state index contributed by atoms with van der Waals surface area (Å²) in [6.07, 6.45) is 6.49. The number of amides is 1. The number of carbonyl (C=O) groups excluding carboxylic acids is 1. The van der Waals surface area contributed by atoms with Crippen LogP contribution >= 0.6 is 0 Å². The number of aromatic nitrogens is 2. The molecule has 0 fully saturated rings. The van der Waals surface area contributed by atoms with Crippen LogP contribution in [-0.2, 0) is 4.79 Å². The average Bonchev–Trinajstić information content (AvgIpc) is 3.16. The van der Waals surface area contributed by atoms with Crippen molar-refractivity contribution < 1.29 is 14.3 Å². The normalized spacial score (nSPS) is 12.3. The quantitative estimate of drug-likeness (QED) is 0.676. The van der Waals surface area contributed by atoms with E-state index in [1.807, 2.05) is 30.3 Å². The van der Waals surface area contributed by atoms with E-state index >= 15 is 0 Å². The van der Waals surface area contributed by atoms with Crippen molar-refractivity contribution in [2.75, 3.05) is 11.7 Å². The van der Waals surface area contributed by atoms with Crippen molar-refractivity contribution in [2.45, 2.75) is 0 Å². The largest absolute Gasteiger partial charge is 0.454 e. The van der Waals surface area contributed by atoms with Gasteiger partial charge in [-0.1, -0.05) is 18.2 Å². The lowest BCUT2D eigenvalue weighted by molar-refractivity contribution is -0.113. The molecule has 6 heteroatoms. The first-order valence-corrected chi connectivity index (χ1v) is 8.05. The summed E-state index contributed by atoms with van der Waals surface area (Å²) in [5, 5.41) is 0. The van der Waals surface area contributed by atoms with Gasteiger partial charge < -0.3 is 9.47 Å². The molecule has 0 radical (unpaired) electrons. The van der Waals surface area contributed by atoms with Crippen LogP contribution in [0.2, 0.25) is 0 Å². The van der Waals surface area contributed by atoms with Crippen LogP contribution in [0.4, 0.5) is 11.6 Å². The first-order chi connectivity index (χ1) is 12.8. The summed E-state index contributed by atoms with van der Waals surface area (Å²) < 4.78 is 10.7. The SMILES string of the molecule is O=C(/C=C/c1ccc2c(c1)OCO2)N(c1ccccn1)c1ccccn1. The first kappa shape index (κ1) is 15.8. The molecular formula is C20H15N3O3. The van der Waals surface area contributed by atoms with Crippen LogP contribution in [0.1, 0.15) is 5.56 Å². The molecule has 0 spiro atoms. The van der Waals surface area contributed by atoms with Crippen LogP contribution in [0.25, 0.3) is 6.08 Å². The van der Waals surface area contributed by atoms with Crippen LogP contribution in [-0.4, -0.2) is 22.7 Å². The van der Waals surface area contributed by atoms with E-state index in [1.54, 1.807) is 42.7 Å². The molecule has 0 N–H and O–H groups in total. The first-order valence-electron chi connectivity index (χ1n) is 8.05. The number of carbonyl (C=O) groups is 1. The minimum absolute atomic E-state index is 0.217. The number of pyridine rings is 2. The van der Waals surface area contributed by atoms with Gasteiger partial charge in [0, 0.05) is 18.5 Å². The lowest BCUT2D eigenvalue weighted by atomic mass is 10.2. The summed E-state index contributed by atoms with van der Waals surface area (Å²) >= 11 is 0. The molecule has 0 bridgehead atoms. The van der Waals surface area contributed by atoms with E-state index in [9.17, 15) is 4.79 Å². The maximum absolute atomic E-state index is 12.9. The summed E-state index contributed by atoms with van der Waals surface area (Å²) in [5.74, 6) is 2.14. The number of hydrogen-bond donors (Lipinski definition) is 0. The Morgan fingerprint density at radius 2 is 1.62 bits per heavy atom. The summed E-state index contributed by atoms with van der Waals surface area (Å²) in [7, 11) is 0. The molecule has 2 aromatic heterocycles. The molecule has 3 heterocycles. The summed E-state index contributed by atoms with van der Waals surface area (Å²) in [5.41, 5.74) is 0.838. The van der Waals surface area contributed by atoms with Gasteiger partial charge in [-0.25, -0.2) is 14.9 Å². The maximum Gasteiger partial charge on any atom is 0.257 e. The van der Waals surface area contributed by atoms with Gasteiger partial charge in [0.2, 0.25) is 6.79 Å². The Kier molecular flexibility index (Phi) is 4.30. The van der Waals surface area contributed by atoms with Crippen molar-refractivity contribution in [3.05, 3.63) is 78.6 Å². The highest BCUT2D eigenvalue weighted by molar-refractivity contribution is 6.07. The van der Waals surface area contributed by atoms with E-state index in [0.717, 1.165) is 5.56 Å². The third-order valence-corrected chi connectivity index (χ3v) is 3.79. The number of rotatable bonds is 4. The second-order valence-corrected chi connectivity index (χ2v) is 5.50. The van der Waals surface area contributed by atoms with E-state index in [4.69, 9.17) is 9.47 Å². The van der Waals surface area contributed by atoms with Crippen LogP contribution in [0.3, 0.4) is 0 Å². The van der Waals surface area contributed by atoms with Crippen molar-refractivity contribution in [2.24, 2.45) is 0 Å². The topological polar surface area (TPSA) is 64.6 Å². The van der Waals surface area contributed by atoms with Gasteiger partial charge in [-0.05, 0) is 48.0 Å². The van der Waals surface area contributed by atoms with Gasteiger partial charge in [-0.3, -0.25) is 4.79 Å². The van der Waals surface area contributed by atoms with Crippen molar-refractivity contribution in [1.82, 2.24) is 9.97 Å². The van der Waals surface area contributed by atoms with Crippen LogP contribution in [0.5, 0.6) is 11.5 Å². The van der Waals surface area contributed by atoms with Gasteiger partial charge in [-0.15, -0.1) is 0 Å². The van der Waals surface area contributed by atoms with Crippen molar-refractivity contribution in [3.8, 4) is 11.5 Å².